The fourth-order valence-electron chi connectivity index (χ4n) is 3.91. The van der Waals surface area contributed by atoms with E-state index in [1.54, 1.807) is 4.90 Å². The van der Waals surface area contributed by atoms with Crippen molar-refractivity contribution < 1.29 is 19.1 Å². The summed E-state index contributed by atoms with van der Waals surface area (Å²) in [6.07, 6.45) is 3.44. The maximum absolute atomic E-state index is 12.4. The highest BCUT2D eigenvalue weighted by atomic mass is 16.6. The number of hydrogen-bond donors (Lipinski definition) is 0. The number of likely N-dealkylation sites (tertiary alicyclic amines) is 1. The first-order valence-electron chi connectivity index (χ1n) is 9.25. The number of piperazine rings is 1. The first kappa shape index (κ1) is 17.5. The van der Waals surface area contributed by atoms with Crippen molar-refractivity contribution in [2.45, 2.75) is 44.8 Å². The van der Waals surface area contributed by atoms with Crippen LogP contribution in [0.5, 0.6) is 0 Å². The number of carbonyl (C=O) groups excluding carboxylic acids is 2. The van der Waals surface area contributed by atoms with Gasteiger partial charge >= 0.3 is 6.09 Å². The molecule has 0 radical (unpaired) electrons. The average molecular weight is 339 g/mol. The molecule has 3 fully saturated rings. The SMILES string of the molecule is CCOC(=O)N1CCC(N2CCN(C(=O)C3CCCO3)CC2)CC1. The van der Waals surface area contributed by atoms with Gasteiger partial charge in [-0.1, -0.05) is 0 Å². The minimum atomic E-state index is -0.204. The molecule has 0 bridgehead atoms. The Balaban J connectivity index is 1.41. The summed E-state index contributed by atoms with van der Waals surface area (Å²) in [5.41, 5.74) is 0. The molecule has 0 spiro atoms. The smallest absolute Gasteiger partial charge is 0.409 e. The molecule has 3 saturated heterocycles. The number of piperidine rings is 1. The van der Waals surface area contributed by atoms with Crippen LogP contribution >= 0.6 is 0 Å². The molecule has 3 heterocycles. The number of carbonyl (C=O) groups is 2. The quantitative estimate of drug-likeness (QED) is 0.765. The number of ether oxygens (including phenoxy) is 2. The average Bonchev–Trinajstić information content (AvgIpc) is 3.16. The molecule has 2 amide bonds. The summed E-state index contributed by atoms with van der Waals surface area (Å²) < 4.78 is 10.6. The van der Waals surface area contributed by atoms with E-state index in [1.165, 1.54) is 0 Å². The largest absolute Gasteiger partial charge is 0.450 e. The lowest BCUT2D eigenvalue weighted by Crippen LogP contribution is -2.56. The summed E-state index contributed by atoms with van der Waals surface area (Å²) in [5, 5.41) is 0. The predicted molar refractivity (Wildman–Crippen MR) is 88.7 cm³/mol. The lowest BCUT2D eigenvalue weighted by molar-refractivity contribution is -0.143. The van der Waals surface area contributed by atoms with Gasteiger partial charge in [-0.25, -0.2) is 4.79 Å². The van der Waals surface area contributed by atoms with Crippen molar-refractivity contribution in [1.29, 1.82) is 0 Å². The Morgan fingerprint density at radius 1 is 1.00 bits per heavy atom. The predicted octanol–water partition coefficient (Wildman–Crippen LogP) is 0.931. The Kier molecular flexibility index (Phi) is 5.94. The van der Waals surface area contributed by atoms with Gasteiger partial charge < -0.3 is 19.3 Å². The highest BCUT2D eigenvalue weighted by Gasteiger charge is 2.33. The van der Waals surface area contributed by atoms with Crippen molar-refractivity contribution in [1.82, 2.24) is 14.7 Å². The zero-order valence-corrected chi connectivity index (χ0v) is 14.6. The summed E-state index contributed by atoms with van der Waals surface area (Å²) in [7, 11) is 0. The molecule has 0 aromatic carbocycles. The second-order valence-corrected chi connectivity index (χ2v) is 6.78. The van der Waals surface area contributed by atoms with Gasteiger partial charge in [0.2, 0.25) is 0 Å². The Hall–Kier alpha value is -1.34. The van der Waals surface area contributed by atoms with Crippen LogP contribution in [-0.2, 0) is 14.3 Å². The second kappa shape index (κ2) is 8.16. The number of nitrogens with zero attached hydrogens (tertiary/aromatic N) is 3. The van der Waals surface area contributed by atoms with E-state index >= 15 is 0 Å². The van der Waals surface area contributed by atoms with E-state index in [4.69, 9.17) is 9.47 Å². The van der Waals surface area contributed by atoms with Crippen LogP contribution in [0.1, 0.15) is 32.6 Å². The van der Waals surface area contributed by atoms with Crippen LogP contribution in [0.2, 0.25) is 0 Å². The molecular formula is C17H29N3O4. The zero-order valence-electron chi connectivity index (χ0n) is 14.6. The maximum atomic E-state index is 12.4. The maximum Gasteiger partial charge on any atom is 0.409 e. The first-order valence-corrected chi connectivity index (χ1v) is 9.25. The van der Waals surface area contributed by atoms with E-state index in [-0.39, 0.29) is 18.1 Å². The van der Waals surface area contributed by atoms with E-state index in [0.29, 0.717) is 12.6 Å². The lowest BCUT2D eigenvalue weighted by atomic mass is 10.0. The van der Waals surface area contributed by atoms with Crippen LogP contribution in [-0.4, -0.2) is 91.3 Å². The molecular weight excluding hydrogens is 310 g/mol. The van der Waals surface area contributed by atoms with Gasteiger partial charge in [-0.15, -0.1) is 0 Å². The third-order valence-corrected chi connectivity index (χ3v) is 5.34. The zero-order chi connectivity index (χ0) is 16.9. The van der Waals surface area contributed by atoms with Crippen molar-refractivity contribution >= 4 is 12.0 Å². The van der Waals surface area contributed by atoms with Crippen molar-refractivity contribution in [3.05, 3.63) is 0 Å². The van der Waals surface area contributed by atoms with Gasteiger partial charge in [-0.2, -0.15) is 0 Å². The molecule has 0 saturated carbocycles. The highest BCUT2D eigenvalue weighted by molar-refractivity contribution is 5.81. The van der Waals surface area contributed by atoms with E-state index < -0.39 is 0 Å². The molecule has 7 nitrogen and oxygen atoms in total. The Bertz CT molecular complexity index is 437. The number of amides is 2. The summed E-state index contributed by atoms with van der Waals surface area (Å²) in [6, 6.07) is 0.510. The normalized spacial score (nSPS) is 26.6. The molecule has 0 N–H and O–H groups in total. The van der Waals surface area contributed by atoms with Crippen molar-refractivity contribution in [2.24, 2.45) is 0 Å². The third kappa shape index (κ3) is 4.00. The van der Waals surface area contributed by atoms with Gasteiger partial charge in [-0.05, 0) is 32.6 Å². The van der Waals surface area contributed by atoms with Gasteiger partial charge in [0, 0.05) is 51.9 Å². The summed E-state index contributed by atoms with van der Waals surface area (Å²) in [5.74, 6) is 0.171. The molecule has 3 aliphatic heterocycles. The van der Waals surface area contributed by atoms with Crippen molar-refractivity contribution in [2.75, 3.05) is 52.5 Å². The molecule has 136 valence electrons. The summed E-state index contributed by atoms with van der Waals surface area (Å²) in [6.45, 7) is 7.92. The van der Waals surface area contributed by atoms with Crippen LogP contribution in [0, 0.1) is 0 Å². The topological polar surface area (TPSA) is 62.3 Å². The first-order chi connectivity index (χ1) is 11.7. The van der Waals surface area contributed by atoms with Gasteiger partial charge in [0.25, 0.3) is 5.91 Å². The molecule has 1 atom stereocenters. The molecule has 3 aliphatic rings. The van der Waals surface area contributed by atoms with Crippen LogP contribution in [0.25, 0.3) is 0 Å². The fourth-order valence-corrected chi connectivity index (χ4v) is 3.91. The van der Waals surface area contributed by atoms with Gasteiger partial charge in [0.1, 0.15) is 6.10 Å². The van der Waals surface area contributed by atoms with Gasteiger partial charge in [-0.3, -0.25) is 9.69 Å². The van der Waals surface area contributed by atoms with Gasteiger partial charge in [0.15, 0.2) is 0 Å². The molecule has 3 rings (SSSR count). The van der Waals surface area contributed by atoms with Gasteiger partial charge in [0.05, 0.1) is 6.61 Å². The van der Waals surface area contributed by atoms with Crippen molar-refractivity contribution in [3.63, 3.8) is 0 Å². The standard InChI is InChI=1S/C17H29N3O4/c1-2-23-17(22)20-7-5-14(6-8-20)18-9-11-19(12-10-18)16(21)15-4-3-13-24-15/h14-15H,2-13H2,1H3. The highest BCUT2D eigenvalue weighted by Crippen LogP contribution is 2.20. The Labute approximate surface area is 143 Å². The van der Waals surface area contributed by atoms with E-state index in [9.17, 15) is 9.59 Å². The van der Waals surface area contributed by atoms with Crippen LogP contribution < -0.4 is 0 Å². The monoisotopic (exact) mass is 339 g/mol. The Morgan fingerprint density at radius 3 is 2.29 bits per heavy atom. The minimum absolute atomic E-state index is 0.171. The summed E-state index contributed by atoms with van der Waals surface area (Å²) in [4.78, 5) is 30.4. The van der Waals surface area contributed by atoms with Crippen molar-refractivity contribution in [3.8, 4) is 0 Å². The van der Waals surface area contributed by atoms with Crippen LogP contribution in [0.3, 0.4) is 0 Å². The van der Waals surface area contributed by atoms with E-state index in [2.05, 4.69) is 4.90 Å². The number of rotatable bonds is 3. The molecule has 1 unspecified atom stereocenters. The minimum Gasteiger partial charge on any atom is -0.450 e. The van der Waals surface area contributed by atoms with E-state index in [1.807, 2.05) is 11.8 Å². The summed E-state index contributed by atoms with van der Waals surface area (Å²) >= 11 is 0. The fraction of sp³-hybridized carbons (Fsp3) is 0.882. The lowest BCUT2D eigenvalue weighted by Gasteiger charge is -2.42. The second-order valence-electron chi connectivity index (χ2n) is 6.78. The molecule has 0 aromatic rings. The molecule has 24 heavy (non-hydrogen) atoms. The molecule has 7 heteroatoms. The van der Waals surface area contributed by atoms with Crippen LogP contribution in [0.4, 0.5) is 4.79 Å². The van der Waals surface area contributed by atoms with Crippen LogP contribution in [0.15, 0.2) is 0 Å². The number of hydrogen-bond acceptors (Lipinski definition) is 5. The third-order valence-electron chi connectivity index (χ3n) is 5.34. The Morgan fingerprint density at radius 2 is 1.71 bits per heavy atom. The molecule has 0 aliphatic carbocycles. The molecule has 0 aromatic heterocycles. The van der Waals surface area contributed by atoms with E-state index in [0.717, 1.165) is 71.6 Å².